The first-order valence-corrected chi connectivity index (χ1v) is 5.90. The van der Waals surface area contributed by atoms with E-state index in [1.54, 1.807) is 36.5 Å². The second-order valence-electron chi connectivity index (χ2n) is 4.26. The highest BCUT2D eigenvalue weighted by Gasteiger charge is 2.08. The van der Waals surface area contributed by atoms with E-state index < -0.39 is 0 Å². The average molecular weight is 257 g/mol. The Hall–Kier alpha value is -2.49. The van der Waals surface area contributed by atoms with Crippen molar-refractivity contribution in [2.75, 3.05) is 0 Å². The standard InChI is InChI=1S/C15H12FNO2/c16-13-2-1-3-14-15(13)10(8-17-14)9-19-12-6-4-11(18)5-7-12/h1-8,17-18H,9H2. The maximum absolute atomic E-state index is 13.8. The maximum Gasteiger partial charge on any atom is 0.132 e. The van der Waals surface area contributed by atoms with Gasteiger partial charge in [0.2, 0.25) is 0 Å². The molecule has 0 aliphatic heterocycles. The summed E-state index contributed by atoms with van der Waals surface area (Å²) in [6.07, 6.45) is 1.74. The van der Waals surface area contributed by atoms with Gasteiger partial charge in [-0.1, -0.05) is 6.07 Å². The SMILES string of the molecule is Oc1ccc(OCc2c[nH]c3cccc(F)c23)cc1. The van der Waals surface area contributed by atoms with Crippen LogP contribution in [0.15, 0.2) is 48.7 Å². The van der Waals surface area contributed by atoms with Crippen molar-refractivity contribution < 1.29 is 14.2 Å². The van der Waals surface area contributed by atoms with E-state index in [4.69, 9.17) is 4.74 Å². The van der Waals surface area contributed by atoms with Crippen LogP contribution in [0.4, 0.5) is 4.39 Å². The monoisotopic (exact) mass is 257 g/mol. The highest BCUT2D eigenvalue weighted by atomic mass is 19.1. The average Bonchev–Trinajstić information content (AvgIpc) is 2.83. The van der Waals surface area contributed by atoms with E-state index in [0.29, 0.717) is 11.1 Å². The predicted octanol–water partition coefficient (Wildman–Crippen LogP) is 3.59. The molecule has 0 unspecified atom stereocenters. The Labute approximate surface area is 109 Å². The number of H-pyrrole nitrogens is 1. The number of benzene rings is 2. The molecule has 0 aliphatic rings. The van der Waals surface area contributed by atoms with Gasteiger partial charge in [0.05, 0.1) is 0 Å². The Kier molecular flexibility index (Phi) is 2.83. The number of ether oxygens (including phenoxy) is 1. The van der Waals surface area contributed by atoms with Crippen LogP contribution in [0.25, 0.3) is 10.9 Å². The van der Waals surface area contributed by atoms with Gasteiger partial charge in [0.1, 0.15) is 23.9 Å². The number of hydrogen-bond donors (Lipinski definition) is 2. The van der Waals surface area contributed by atoms with Crippen molar-refractivity contribution in [1.82, 2.24) is 4.98 Å². The molecule has 0 bridgehead atoms. The van der Waals surface area contributed by atoms with Gasteiger partial charge in [-0.25, -0.2) is 4.39 Å². The molecule has 0 fully saturated rings. The molecular formula is C15H12FNO2. The molecule has 0 atom stereocenters. The molecule has 3 aromatic rings. The molecule has 0 spiro atoms. The molecule has 3 rings (SSSR count). The van der Waals surface area contributed by atoms with Crippen molar-refractivity contribution >= 4 is 10.9 Å². The van der Waals surface area contributed by atoms with E-state index in [9.17, 15) is 9.50 Å². The predicted molar refractivity (Wildman–Crippen MR) is 70.7 cm³/mol. The van der Waals surface area contributed by atoms with Gasteiger partial charge in [-0.3, -0.25) is 0 Å². The maximum atomic E-state index is 13.8. The lowest BCUT2D eigenvalue weighted by molar-refractivity contribution is 0.307. The molecule has 3 nitrogen and oxygen atoms in total. The Morgan fingerprint density at radius 1 is 1.11 bits per heavy atom. The van der Waals surface area contributed by atoms with Gasteiger partial charge in [0.25, 0.3) is 0 Å². The van der Waals surface area contributed by atoms with Gasteiger partial charge in [-0.2, -0.15) is 0 Å². The molecule has 0 aliphatic carbocycles. The van der Waals surface area contributed by atoms with Gasteiger partial charge in [0.15, 0.2) is 0 Å². The van der Waals surface area contributed by atoms with E-state index >= 15 is 0 Å². The van der Waals surface area contributed by atoms with Crippen molar-refractivity contribution in [2.24, 2.45) is 0 Å². The van der Waals surface area contributed by atoms with Crippen molar-refractivity contribution in [2.45, 2.75) is 6.61 Å². The summed E-state index contributed by atoms with van der Waals surface area (Å²) in [5.41, 5.74) is 1.52. The topological polar surface area (TPSA) is 45.2 Å². The van der Waals surface area contributed by atoms with Crippen molar-refractivity contribution in [1.29, 1.82) is 0 Å². The van der Waals surface area contributed by atoms with Crippen molar-refractivity contribution in [3.8, 4) is 11.5 Å². The van der Waals surface area contributed by atoms with Gasteiger partial charge in [-0.15, -0.1) is 0 Å². The van der Waals surface area contributed by atoms with E-state index in [0.717, 1.165) is 11.1 Å². The highest BCUT2D eigenvalue weighted by Crippen LogP contribution is 2.23. The number of nitrogens with one attached hydrogen (secondary N) is 1. The minimum absolute atomic E-state index is 0.186. The molecule has 1 heterocycles. The highest BCUT2D eigenvalue weighted by molar-refractivity contribution is 5.83. The number of rotatable bonds is 3. The van der Waals surface area contributed by atoms with E-state index in [2.05, 4.69) is 4.98 Å². The number of phenols is 1. The minimum Gasteiger partial charge on any atom is -0.508 e. The van der Waals surface area contributed by atoms with E-state index in [-0.39, 0.29) is 18.2 Å². The summed E-state index contributed by atoms with van der Waals surface area (Å²) >= 11 is 0. The van der Waals surface area contributed by atoms with Gasteiger partial charge in [-0.05, 0) is 36.4 Å². The lowest BCUT2D eigenvalue weighted by Crippen LogP contribution is -1.94. The Balaban J connectivity index is 1.84. The van der Waals surface area contributed by atoms with E-state index in [1.165, 1.54) is 6.07 Å². The number of aromatic amines is 1. The largest absolute Gasteiger partial charge is 0.508 e. The summed E-state index contributed by atoms with van der Waals surface area (Å²) in [4.78, 5) is 3.01. The first kappa shape index (κ1) is 11.6. The van der Waals surface area contributed by atoms with Crippen LogP contribution in [0.1, 0.15) is 5.56 Å². The molecule has 2 N–H and O–H groups in total. The third-order valence-electron chi connectivity index (χ3n) is 2.97. The van der Waals surface area contributed by atoms with Crippen LogP contribution in [-0.2, 0) is 6.61 Å². The van der Waals surface area contributed by atoms with Crippen LogP contribution in [0.2, 0.25) is 0 Å². The molecule has 2 aromatic carbocycles. The zero-order valence-electron chi connectivity index (χ0n) is 10.1. The van der Waals surface area contributed by atoms with Crippen molar-refractivity contribution in [3.63, 3.8) is 0 Å². The first-order valence-electron chi connectivity index (χ1n) is 5.90. The second-order valence-corrected chi connectivity index (χ2v) is 4.26. The summed E-state index contributed by atoms with van der Waals surface area (Å²) in [6, 6.07) is 11.3. The van der Waals surface area contributed by atoms with Crippen LogP contribution in [0, 0.1) is 5.82 Å². The molecule has 0 saturated carbocycles. The van der Waals surface area contributed by atoms with Crippen LogP contribution < -0.4 is 4.74 Å². The summed E-state index contributed by atoms with van der Waals surface area (Å²) < 4.78 is 19.3. The lowest BCUT2D eigenvalue weighted by Gasteiger charge is -2.05. The van der Waals surface area contributed by atoms with Crippen LogP contribution >= 0.6 is 0 Å². The Bertz CT molecular complexity index is 704. The number of halogens is 1. The fraction of sp³-hybridized carbons (Fsp3) is 0.0667. The summed E-state index contributed by atoms with van der Waals surface area (Å²) in [7, 11) is 0. The fourth-order valence-electron chi connectivity index (χ4n) is 2.03. The molecule has 0 radical (unpaired) electrons. The van der Waals surface area contributed by atoms with Crippen molar-refractivity contribution in [3.05, 3.63) is 60.0 Å². The summed E-state index contributed by atoms with van der Waals surface area (Å²) in [5, 5.41) is 9.73. The molecule has 4 heteroatoms. The number of phenolic OH excluding ortho intramolecular Hbond substituents is 1. The number of fused-ring (bicyclic) bond motifs is 1. The van der Waals surface area contributed by atoms with Crippen LogP contribution in [0.3, 0.4) is 0 Å². The third-order valence-corrected chi connectivity index (χ3v) is 2.97. The smallest absolute Gasteiger partial charge is 0.132 e. The molecule has 96 valence electrons. The number of aromatic hydroxyl groups is 1. The molecule has 19 heavy (non-hydrogen) atoms. The first-order chi connectivity index (χ1) is 9.24. The quantitative estimate of drug-likeness (QED) is 0.753. The Morgan fingerprint density at radius 2 is 1.89 bits per heavy atom. The lowest BCUT2D eigenvalue weighted by atomic mass is 10.2. The van der Waals surface area contributed by atoms with Crippen LogP contribution in [0.5, 0.6) is 11.5 Å². The fourth-order valence-corrected chi connectivity index (χ4v) is 2.03. The number of hydrogen-bond acceptors (Lipinski definition) is 2. The summed E-state index contributed by atoms with van der Waals surface area (Å²) in [6.45, 7) is 0.270. The van der Waals surface area contributed by atoms with Crippen LogP contribution in [-0.4, -0.2) is 10.1 Å². The molecule has 1 aromatic heterocycles. The van der Waals surface area contributed by atoms with Gasteiger partial charge < -0.3 is 14.8 Å². The zero-order chi connectivity index (χ0) is 13.2. The van der Waals surface area contributed by atoms with Gasteiger partial charge >= 0.3 is 0 Å². The van der Waals surface area contributed by atoms with Gasteiger partial charge in [0, 0.05) is 22.7 Å². The molecule has 0 saturated heterocycles. The number of aromatic nitrogens is 1. The normalized spacial score (nSPS) is 10.8. The van der Waals surface area contributed by atoms with E-state index in [1.807, 2.05) is 6.07 Å². The summed E-state index contributed by atoms with van der Waals surface area (Å²) in [5.74, 6) is 0.553. The molecular weight excluding hydrogens is 245 g/mol. The third kappa shape index (κ3) is 2.25. The molecule has 0 amide bonds. The zero-order valence-corrected chi connectivity index (χ0v) is 10.1. The second kappa shape index (κ2) is 4.65. The Morgan fingerprint density at radius 3 is 2.68 bits per heavy atom. The minimum atomic E-state index is -0.261.